The van der Waals surface area contributed by atoms with Gasteiger partial charge < -0.3 is 5.11 Å². The van der Waals surface area contributed by atoms with Crippen molar-refractivity contribution in [3.8, 4) is 5.75 Å². The summed E-state index contributed by atoms with van der Waals surface area (Å²) in [7, 11) is 1.20. The summed E-state index contributed by atoms with van der Waals surface area (Å²) in [6.07, 6.45) is 2.20. The van der Waals surface area contributed by atoms with E-state index >= 15 is 0 Å². The SMILES string of the molecule is CN(O)C(=O)N1CCC(=Cc2cc(C(C)(C)C)c(O)c(C(C)(C)C)c2)C1=O. The highest BCUT2D eigenvalue weighted by atomic mass is 16.5. The second-order valence-electron chi connectivity index (χ2n) is 9.15. The molecule has 27 heavy (non-hydrogen) atoms. The number of carbonyl (C=O) groups excluding carboxylic acids is 2. The molecule has 1 aromatic carbocycles. The minimum absolute atomic E-state index is 0.241. The fraction of sp³-hybridized carbons (Fsp3) is 0.524. The molecule has 6 heteroatoms. The molecule has 0 spiro atoms. The topological polar surface area (TPSA) is 81.1 Å². The number of aromatic hydroxyl groups is 1. The number of hydrogen-bond donors (Lipinski definition) is 2. The van der Waals surface area contributed by atoms with Crippen molar-refractivity contribution in [2.75, 3.05) is 13.6 Å². The third-order valence-corrected chi connectivity index (χ3v) is 4.72. The summed E-state index contributed by atoms with van der Waals surface area (Å²) in [5.41, 5.74) is 2.43. The molecule has 0 bridgehead atoms. The number of rotatable bonds is 1. The van der Waals surface area contributed by atoms with Gasteiger partial charge in [0.2, 0.25) is 0 Å². The van der Waals surface area contributed by atoms with Crippen LogP contribution in [-0.4, -0.2) is 45.8 Å². The first-order chi connectivity index (χ1) is 12.2. The second kappa shape index (κ2) is 7.00. The molecule has 0 aliphatic carbocycles. The van der Waals surface area contributed by atoms with Crippen molar-refractivity contribution >= 4 is 18.0 Å². The van der Waals surface area contributed by atoms with Crippen LogP contribution >= 0.6 is 0 Å². The van der Waals surface area contributed by atoms with Crippen LogP contribution in [0.3, 0.4) is 0 Å². The van der Waals surface area contributed by atoms with E-state index in [4.69, 9.17) is 0 Å². The normalized spacial score (nSPS) is 17.0. The van der Waals surface area contributed by atoms with Crippen molar-refractivity contribution < 1.29 is 19.9 Å². The Labute approximate surface area is 161 Å². The van der Waals surface area contributed by atoms with Crippen molar-refractivity contribution in [2.24, 2.45) is 0 Å². The number of likely N-dealkylation sites (tertiary alicyclic amines) is 1. The van der Waals surface area contributed by atoms with E-state index in [-0.39, 0.29) is 23.1 Å². The van der Waals surface area contributed by atoms with Gasteiger partial charge in [0.25, 0.3) is 5.91 Å². The number of nitrogens with zero attached hydrogens (tertiary/aromatic N) is 2. The molecule has 0 saturated carbocycles. The lowest BCUT2D eigenvalue weighted by atomic mass is 9.78. The molecule has 0 unspecified atom stereocenters. The molecule has 1 aliphatic heterocycles. The third-order valence-electron chi connectivity index (χ3n) is 4.72. The number of hydrogen-bond acceptors (Lipinski definition) is 4. The molecule has 3 amide bonds. The molecular weight excluding hydrogens is 344 g/mol. The lowest BCUT2D eigenvalue weighted by Crippen LogP contribution is -2.40. The molecule has 1 aromatic rings. The number of phenols is 1. The van der Waals surface area contributed by atoms with Gasteiger partial charge in [0.1, 0.15) is 5.75 Å². The Hall–Kier alpha value is -2.34. The van der Waals surface area contributed by atoms with Gasteiger partial charge in [-0.05, 0) is 41.0 Å². The quantitative estimate of drug-likeness (QED) is 0.441. The summed E-state index contributed by atoms with van der Waals surface area (Å²) in [5.74, 6) is -0.114. The molecule has 0 radical (unpaired) electrons. The first kappa shape index (κ1) is 21.0. The van der Waals surface area contributed by atoms with Crippen molar-refractivity contribution in [1.29, 1.82) is 0 Å². The minimum atomic E-state index is -0.736. The fourth-order valence-electron chi connectivity index (χ4n) is 3.19. The Bertz CT molecular complexity index is 760. The van der Waals surface area contributed by atoms with Gasteiger partial charge in [0.05, 0.1) is 0 Å². The van der Waals surface area contributed by atoms with Gasteiger partial charge in [-0.15, -0.1) is 0 Å². The number of hydroxylamine groups is 2. The van der Waals surface area contributed by atoms with Crippen LogP contribution < -0.4 is 0 Å². The van der Waals surface area contributed by atoms with E-state index in [9.17, 15) is 19.9 Å². The Morgan fingerprint density at radius 1 is 1.11 bits per heavy atom. The largest absolute Gasteiger partial charge is 0.507 e. The standard InChI is InChI=1S/C21H30N2O4/c1-20(2,3)15-11-13(12-16(17(15)24)21(4,5)6)10-14-8-9-23(18(14)25)19(26)22(7)27/h10-12,24,27H,8-9H2,1-7H3. The molecule has 2 rings (SSSR count). The number of urea groups is 1. The Balaban J connectivity index is 2.52. The number of benzene rings is 1. The summed E-state index contributed by atoms with van der Waals surface area (Å²) in [6.45, 7) is 12.4. The third kappa shape index (κ3) is 4.33. The molecule has 1 saturated heterocycles. The van der Waals surface area contributed by atoms with E-state index in [1.54, 1.807) is 6.08 Å². The summed E-state index contributed by atoms with van der Waals surface area (Å²) < 4.78 is 0. The molecule has 2 N–H and O–H groups in total. The van der Waals surface area contributed by atoms with E-state index in [0.29, 0.717) is 17.1 Å². The van der Waals surface area contributed by atoms with Crippen LogP contribution in [-0.2, 0) is 15.6 Å². The molecule has 1 aliphatic rings. The van der Waals surface area contributed by atoms with Crippen LogP contribution in [0.25, 0.3) is 6.08 Å². The van der Waals surface area contributed by atoms with E-state index in [1.807, 2.05) is 53.7 Å². The predicted octanol–water partition coefficient (Wildman–Crippen LogP) is 4.04. The highest BCUT2D eigenvalue weighted by molar-refractivity contribution is 6.08. The highest BCUT2D eigenvalue weighted by Gasteiger charge is 2.33. The summed E-state index contributed by atoms with van der Waals surface area (Å²) in [6, 6.07) is 3.06. The van der Waals surface area contributed by atoms with Crippen LogP contribution in [0.5, 0.6) is 5.75 Å². The summed E-state index contributed by atoms with van der Waals surface area (Å²) in [4.78, 5) is 25.5. The van der Waals surface area contributed by atoms with Crippen LogP contribution in [0, 0.1) is 0 Å². The van der Waals surface area contributed by atoms with Gasteiger partial charge in [-0.1, -0.05) is 41.5 Å². The zero-order valence-electron chi connectivity index (χ0n) is 17.3. The van der Waals surface area contributed by atoms with Crippen LogP contribution in [0.2, 0.25) is 0 Å². The smallest absolute Gasteiger partial charge is 0.350 e. The van der Waals surface area contributed by atoms with Gasteiger partial charge in [0, 0.05) is 30.3 Å². The van der Waals surface area contributed by atoms with Crippen molar-refractivity contribution in [3.63, 3.8) is 0 Å². The maximum atomic E-state index is 12.5. The lowest BCUT2D eigenvalue weighted by Gasteiger charge is -2.28. The van der Waals surface area contributed by atoms with Crippen molar-refractivity contribution in [2.45, 2.75) is 58.8 Å². The number of amides is 3. The van der Waals surface area contributed by atoms with Gasteiger partial charge in [-0.2, -0.15) is 0 Å². The van der Waals surface area contributed by atoms with E-state index in [2.05, 4.69) is 0 Å². The molecule has 0 atom stereocenters. The zero-order valence-corrected chi connectivity index (χ0v) is 17.3. The van der Waals surface area contributed by atoms with Gasteiger partial charge in [0.15, 0.2) is 0 Å². The maximum Gasteiger partial charge on any atom is 0.350 e. The molecule has 6 nitrogen and oxygen atoms in total. The first-order valence-electron chi connectivity index (χ1n) is 9.10. The van der Waals surface area contributed by atoms with Gasteiger partial charge in [-0.3, -0.25) is 14.9 Å². The number of carbonyl (C=O) groups is 2. The Kier molecular flexibility index (Phi) is 5.44. The van der Waals surface area contributed by atoms with Crippen LogP contribution in [0.4, 0.5) is 4.79 Å². The molecule has 0 aromatic heterocycles. The number of imide groups is 1. The molecular formula is C21H30N2O4. The fourth-order valence-corrected chi connectivity index (χ4v) is 3.19. The molecule has 148 valence electrons. The lowest BCUT2D eigenvalue weighted by molar-refractivity contribution is -0.124. The predicted molar refractivity (Wildman–Crippen MR) is 105 cm³/mol. The first-order valence-corrected chi connectivity index (χ1v) is 9.10. The van der Waals surface area contributed by atoms with E-state index < -0.39 is 11.9 Å². The Morgan fingerprint density at radius 2 is 1.59 bits per heavy atom. The van der Waals surface area contributed by atoms with Crippen LogP contribution in [0.15, 0.2) is 17.7 Å². The average Bonchev–Trinajstić information content (AvgIpc) is 2.86. The summed E-state index contributed by atoms with van der Waals surface area (Å²) in [5, 5.41) is 20.5. The Morgan fingerprint density at radius 3 is 2.00 bits per heavy atom. The second-order valence-corrected chi connectivity index (χ2v) is 9.15. The zero-order chi connectivity index (χ0) is 20.7. The monoisotopic (exact) mass is 374 g/mol. The van der Waals surface area contributed by atoms with E-state index in [0.717, 1.165) is 21.6 Å². The molecule has 1 heterocycles. The summed E-state index contributed by atoms with van der Waals surface area (Å²) >= 11 is 0. The van der Waals surface area contributed by atoms with Gasteiger partial charge >= 0.3 is 6.03 Å². The van der Waals surface area contributed by atoms with E-state index in [1.165, 1.54) is 7.05 Å². The maximum absolute atomic E-state index is 12.5. The van der Waals surface area contributed by atoms with Gasteiger partial charge in [-0.25, -0.2) is 9.86 Å². The average molecular weight is 374 g/mol. The van der Waals surface area contributed by atoms with Crippen LogP contribution in [0.1, 0.15) is 64.7 Å². The highest BCUT2D eigenvalue weighted by Crippen LogP contribution is 2.40. The minimum Gasteiger partial charge on any atom is -0.507 e. The molecule has 1 fully saturated rings. The number of phenolic OH excluding ortho intramolecular Hbond substituents is 1. The van der Waals surface area contributed by atoms with Crippen molar-refractivity contribution in [3.05, 3.63) is 34.4 Å². The van der Waals surface area contributed by atoms with Crippen molar-refractivity contribution in [1.82, 2.24) is 9.96 Å².